The molecule has 4 heteroatoms. The Balaban J connectivity index is 2.05. The molecular formula is C16H13ClO3. The summed E-state index contributed by atoms with van der Waals surface area (Å²) in [6, 6.07) is 14.7. The van der Waals surface area contributed by atoms with Gasteiger partial charge in [0.25, 0.3) is 0 Å². The molecule has 0 saturated heterocycles. The number of hydrogen-bond donors (Lipinski definition) is 1. The maximum absolute atomic E-state index is 10.5. The summed E-state index contributed by atoms with van der Waals surface area (Å²) < 4.78 is 5.65. The summed E-state index contributed by atoms with van der Waals surface area (Å²) in [6.45, 7) is 0.367. The molecule has 2 aromatic rings. The second-order valence-corrected chi connectivity index (χ2v) is 4.53. The lowest BCUT2D eigenvalue weighted by Gasteiger charge is -2.08. The molecule has 0 aromatic heterocycles. The summed E-state index contributed by atoms with van der Waals surface area (Å²) in [7, 11) is 0. The maximum Gasteiger partial charge on any atom is 0.328 e. The average Bonchev–Trinajstić information content (AvgIpc) is 2.45. The highest BCUT2D eigenvalue weighted by molar-refractivity contribution is 6.31. The largest absolute Gasteiger partial charge is 0.489 e. The van der Waals surface area contributed by atoms with Crippen molar-refractivity contribution >= 4 is 23.6 Å². The van der Waals surface area contributed by atoms with E-state index in [2.05, 4.69) is 0 Å². The molecule has 2 aromatic carbocycles. The molecule has 0 bridgehead atoms. The van der Waals surface area contributed by atoms with E-state index in [9.17, 15) is 4.79 Å². The lowest BCUT2D eigenvalue weighted by Crippen LogP contribution is -1.96. The van der Waals surface area contributed by atoms with Gasteiger partial charge in [-0.25, -0.2) is 4.79 Å². The van der Waals surface area contributed by atoms with Crippen LogP contribution in [0.5, 0.6) is 5.75 Å². The highest BCUT2D eigenvalue weighted by Gasteiger charge is 2.01. The third-order valence-electron chi connectivity index (χ3n) is 2.63. The van der Waals surface area contributed by atoms with Crippen LogP contribution in [0.2, 0.25) is 5.02 Å². The second-order valence-electron chi connectivity index (χ2n) is 4.12. The molecule has 1 N–H and O–H groups in total. The van der Waals surface area contributed by atoms with E-state index >= 15 is 0 Å². The Hall–Kier alpha value is -2.26. The van der Waals surface area contributed by atoms with Crippen molar-refractivity contribution in [2.75, 3.05) is 0 Å². The van der Waals surface area contributed by atoms with Crippen molar-refractivity contribution in [2.24, 2.45) is 0 Å². The van der Waals surface area contributed by atoms with Crippen molar-refractivity contribution in [1.82, 2.24) is 0 Å². The van der Waals surface area contributed by atoms with Crippen molar-refractivity contribution in [1.29, 1.82) is 0 Å². The number of halogens is 1. The first-order valence-corrected chi connectivity index (χ1v) is 6.40. The normalized spacial score (nSPS) is 10.7. The van der Waals surface area contributed by atoms with E-state index in [1.807, 2.05) is 42.5 Å². The number of carboxylic acids is 1. The van der Waals surface area contributed by atoms with Gasteiger partial charge in [0, 0.05) is 16.7 Å². The van der Waals surface area contributed by atoms with Crippen LogP contribution in [0, 0.1) is 0 Å². The number of ether oxygens (including phenoxy) is 1. The van der Waals surface area contributed by atoms with Crippen molar-refractivity contribution < 1.29 is 14.6 Å². The van der Waals surface area contributed by atoms with Gasteiger partial charge >= 0.3 is 5.97 Å². The van der Waals surface area contributed by atoms with E-state index in [1.54, 1.807) is 6.07 Å². The third-order valence-corrected chi connectivity index (χ3v) is 3.00. The minimum atomic E-state index is -0.979. The number of carboxylic acid groups (broad SMARTS) is 1. The molecule has 102 valence electrons. The van der Waals surface area contributed by atoms with E-state index in [0.717, 1.165) is 17.2 Å². The topological polar surface area (TPSA) is 46.5 Å². The fraction of sp³-hybridized carbons (Fsp3) is 0.0625. The summed E-state index contributed by atoms with van der Waals surface area (Å²) >= 11 is 6.05. The first-order valence-electron chi connectivity index (χ1n) is 6.02. The smallest absolute Gasteiger partial charge is 0.328 e. The summed E-state index contributed by atoms with van der Waals surface area (Å²) in [4.78, 5) is 10.5. The lowest BCUT2D eigenvalue weighted by molar-refractivity contribution is -0.131. The molecular weight excluding hydrogens is 276 g/mol. The van der Waals surface area contributed by atoms with E-state index in [4.69, 9.17) is 21.4 Å². The van der Waals surface area contributed by atoms with Gasteiger partial charge in [0.1, 0.15) is 12.4 Å². The molecule has 2 rings (SSSR count). The highest BCUT2D eigenvalue weighted by Crippen LogP contribution is 2.19. The van der Waals surface area contributed by atoms with Crippen LogP contribution in [0.1, 0.15) is 11.1 Å². The maximum atomic E-state index is 10.5. The van der Waals surface area contributed by atoms with Gasteiger partial charge in [-0.2, -0.15) is 0 Å². The Morgan fingerprint density at radius 1 is 1.20 bits per heavy atom. The van der Waals surface area contributed by atoms with Crippen LogP contribution in [-0.4, -0.2) is 11.1 Å². The van der Waals surface area contributed by atoms with Gasteiger partial charge in [-0.15, -0.1) is 0 Å². The molecule has 0 amide bonds. The first-order chi connectivity index (χ1) is 9.65. The van der Waals surface area contributed by atoms with Gasteiger partial charge in [0.05, 0.1) is 0 Å². The fourth-order valence-electron chi connectivity index (χ4n) is 1.65. The minimum absolute atomic E-state index is 0.367. The number of hydrogen-bond acceptors (Lipinski definition) is 2. The van der Waals surface area contributed by atoms with Crippen molar-refractivity contribution in [3.8, 4) is 5.75 Å². The summed E-state index contributed by atoms with van der Waals surface area (Å²) in [5.74, 6) is -0.315. The van der Waals surface area contributed by atoms with E-state index in [-0.39, 0.29) is 0 Å². The zero-order valence-electron chi connectivity index (χ0n) is 10.6. The summed E-state index contributed by atoms with van der Waals surface area (Å²) in [5.41, 5.74) is 1.67. The monoisotopic (exact) mass is 288 g/mol. The van der Waals surface area contributed by atoms with Crippen LogP contribution in [0.15, 0.2) is 54.6 Å². The standard InChI is InChI=1S/C16H13ClO3/c17-15-7-2-1-5-13(15)11-20-14-6-3-4-12(10-14)8-9-16(18)19/h1-10H,11H2,(H,18,19)/b9-8+. The average molecular weight is 289 g/mol. The van der Waals surface area contributed by atoms with Gasteiger partial charge < -0.3 is 9.84 Å². The van der Waals surface area contributed by atoms with Crippen LogP contribution in [0.25, 0.3) is 6.08 Å². The number of carbonyl (C=O) groups is 1. The Morgan fingerprint density at radius 3 is 2.75 bits per heavy atom. The van der Waals surface area contributed by atoms with Crippen molar-refractivity contribution in [2.45, 2.75) is 6.61 Å². The van der Waals surface area contributed by atoms with Gasteiger partial charge in [0.2, 0.25) is 0 Å². The predicted octanol–water partition coefficient (Wildman–Crippen LogP) is 4.02. The molecule has 0 radical (unpaired) electrons. The Labute approximate surface area is 122 Å². The quantitative estimate of drug-likeness (QED) is 0.845. The van der Waals surface area contributed by atoms with Gasteiger partial charge in [-0.05, 0) is 29.8 Å². The van der Waals surface area contributed by atoms with Gasteiger partial charge in [-0.3, -0.25) is 0 Å². The van der Waals surface area contributed by atoms with Crippen LogP contribution in [0.3, 0.4) is 0 Å². The number of aliphatic carboxylic acids is 1. The van der Waals surface area contributed by atoms with Gasteiger partial charge in [-0.1, -0.05) is 41.9 Å². The number of benzene rings is 2. The first kappa shape index (κ1) is 14.2. The molecule has 0 aliphatic rings. The van der Waals surface area contributed by atoms with Crippen LogP contribution < -0.4 is 4.74 Å². The molecule has 3 nitrogen and oxygen atoms in total. The summed E-state index contributed by atoms with van der Waals surface area (Å²) in [6.07, 6.45) is 2.61. The fourth-order valence-corrected chi connectivity index (χ4v) is 1.84. The van der Waals surface area contributed by atoms with Crippen LogP contribution in [0.4, 0.5) is 0 Å². The zero-order valence-corrected chi connectivity index (χ0v) is 11.4. The molecule has 0 spiro atoms. The summed E-state index contributed by atoms with van der Waals surface area (Å²) in [5, 5.41) is 9.26. The predicted molar refractivity (Wildman–Crippen MR) is 78.9 cm³/mol. The third kappa shape index (κ3) is 4.14. The lowest BCUT2D eigenvalue weighted by atomic mass is 10.2. The van der Waals surface area contributed by atoms with Crippen molar-refractivity contribution in [3.05, 3.63) is 70.8 Å². The SMILES string of the molecule is O=C(O)/C=C/c1cccc(OCc2ccccc2Cl)c1. The van der Waals surface area contributed by atoms with Crippen LogP contribution >= 0.6 is 11.6 Å². The van der Waals surface area contributed by atoms with E-state index in [1.165, 1.54) is 6.08 Å². The molecule has 0 saturated carbocycles. The second kappa shape index (κ2) is 6.78. The zero-order chi connectivity index (χ0) is 14.4. The van der Waals surface area contributed by atoms with E-state index < -0.39 is 5.97 Å². The minimum Gasteiger partial charge on any atom is -0.489 e. The van der Waals surface area contributed by atoms with Gasteiger partial charge in [0.15, 0.2) is 0 Å². The van der Waals surface area contributed by atoms with Crippen LogP contribution in [-0.2, 0) is 11.4 Å². The highest BCUT2D eigenvalue weighted by atomic mass is 35.5. The van der Waals surface area contributed by atoms with E-state index in [0.29, 0.717) is 17.4 Å². The Kier molecular flexibility index (Phi) is 4.80. The molecule has 0 atom stereocenters. The Morgan fingerprint density at radius 2 is 2.00 bits per heavy atom. The molecule has 20 heavy (non-hydrogen) atoms. The molecule has 0 fully saturated rings. The molecule has 0 unspecified atom stereocenters. The van der Waals surface area contributed by atoms with Crippen molar-refractivity contribution in [3.63, 3.8) is 0 Å². The molecule has 0 aliphatic heterocycles. The molecule has 0 aliphatic carbocycles. The number of rotatable bonds is 5. The molecule has 0 heterocycles. The Bertz CT molecular complexity index is 635.